The van der Waals surface area contributed by atoms with Crippen LogP contribution in [0.2, 0.25) is 0 Å². The van der Waals surface area contributed by atoms with Crippen LogP contribution in [0.3, 0.4) is 0 Å². The van der Waals surface area contributed by atoms with Crippen LogP contribution in [0.4, 0.5) is 5.69 Å². The van der Waals surface area contributed by atoms with Gasteiger partial charge in [0.05, 0.1) is 23.9 Å². The molecular weight excluding hydrogens is 350 g/mol. The van der Waals surface area contributed by atoms with Crippen molar-refractivity contribution in [2.45, 2.75) is 38.3 Å². The van der Waals surface area contributed by atoms with Crippen LogP contribution in [-0.2, 0) is 24.8 Å². The number of benzene rings is 1. The number of carbonyl (C=O) groups excluding carboxylic acids is 1. The highest BCUT2D eigenvalue weighted by molar-refractivity contribution is 5.79. The van der Waals surface area contributed by atoms with Gasteiger partial charge >= 0.3 is 0 Å². The SMILES string of the molecule is CN(C)Cc1cc([C@@H]2CCCCN2C(=O)Cc2ccc(N(C)C)cc2)nn1C. The number of hydrogen-bond acceptors (Lipinski definition) is 4. The molecule has 1 aromatic carbocycles. The normalized spacial score (nSPS) is 17.2. The van der Waals surface area contributed by atoms with Gasteiger partial charge in [0.1, 0.15) is 0 Å². The summed E-state index contributed by atoms with van der Waals surface area (Å²) in [7, 11) is 10.2. The van der Waals surface area contributed by atoms with Gasteiger partial charge in [0, 0.05) is 39.9 Å². The second-order valence-corrected chi connectivity index (χ2v) is 8.26. The van der Waals surface area contributed by atoms with Crippen LogP contribution in [-0.4, -0.2) is 60.2 Å². The van der Waals surface area contributed by atoms with Crippen molar-refractivity contribution in [1.82, 2.24) is 19.6 Å². The maximum absolute atomic E-state index is 13.1. The molecule has 1 atom stereocenters. The van der Waals surface area contributed by atoms with Gasteiger partial charge in [-0.3, -0.25) is 9.48 Å². The Bertz CT molecular complexity index is 794. The summed E-state index contributed by atoms with van der Waals surface area (Å²) in [6, 6.07) is 10.5. The molecule has 0 unspecified atom stereocenters. The van der Waals surface area contributed by atoms with Gasteiger partial charge < -0.3 is 14.7 Å². The van der Waals surface area contributed by atoms with Crippen molar-refractivity contribution >= 4 is 11.6 Å². The van der Waals surface area contributed by atoms with Crippen molar-refractivity contribution in [2.24, 2.45) is 7.05 Å². The van der Waals surface area contributed by atoms with E-state index in [1.165, 1.54) is 5.69 Å². The Balaban J connectivity index is 1.74. The van der Waals surface area contributed by atoms with E-state index >= 15 is 0 Å². The maximum Gasteiger partial charge on any atom is 0.227 e. The molecule has 28 heavy (non-hydrogen) atoms. The summed E-state index contributed by atoms with van der Waals surface area (Å²) in [5.41, 5.74) is 4.41. The van der Waals surface area contributed by atoms with Crippen molar-refractivity contribution in [3.8, 4) is 0 Å². The number of hydrogen-bond donors (Lipinski definition) is 0. The van der Waals surface area contributed by atoms with Crippen LogP contribution in [0.25, 0.3) is 0 Å². The van der Waals surface area contributed by atoms with Gasteiger partial charge in [-0.15, -0.1) is 0 Å². The van der Waals surface area contributed by atoms with Crippen LogP contribution in [0.15, 0.2) is 30.3 Å². The first-order valence-electron chi connectivity index (χ1n) is 10.1. The lowest BCUT2D eigenvalue weighted by atomic mass is 9.98. The first-order valence-corrected chi connectivity index (χ1v) is 10.1. The third-order valence-electron chi connectivity index (χ3n) is 5.45. The van der Waals surface area contributed by atoms with Crippen molar-refractivity contribution in [1.29, 1.82) is 0 Å². The van der Waals surface area contributed by atoms with Crippen LogP contribution >= 0.6 is 0 Å². The number of aromatic nitrogens is 2. The number of likely N-dealkylation sites (tertiary alicyclic amines) is 1. The molecule has 0 aliphatic carbocycles. The highest BCUT2D eigenvalue weighted by Gasteiger charge is 2.30. The van der Waals surface area contributed by atoms with E-state index in [0.29, 0.717) is 6.42 Å². The number of carbonyl (C=O) groups is 1. The lowest BCUT2D eigenvalue weighted by Crippen LogP contribution is -2.39. The molecule has 1 fully saturated rings. The molecule has 0 radical (unpaired) electrons. The second kappa shape index (κ2) is 8.78. The second-order valence-electron chi connectivity index (χ2n) is 8.26. The van der Waals surface area contributed by atoms with Crippen LogP contribution < -0.4 is 4.90 Å². The maximum atomic E-state index is 13.1. The first kappa shape index (κ1) is 20.4. The quantitative estimate of drug-likeness (QED) is 0.769. The van der Waals surface area contributed by atoms with E-state index in [9.17, 15) is 4.79 Å². The number of anilines is 1. The van der Waals surface area contributed by atoms with Crippen LogP contribution in [0.5, 0.6) is 0 Å². The fourth-order valence-electron chi connectivity index (χ4n) is 3.89. The lowest BCUT2D eigenvalue weighted by Gasteiger charge is -2.35. The molecule has 2 aromatic rings. The van der Waals surface area contributed by atoms with Gasteiger partial charge in [0.25, 0.3) is 0 Å². The molecule has 3 rings (SSSR count). The molecule has 6 nitrogen and oxygen atoms in total. The summed E-state index contributed by atoms with van der Waals surface area (Å²) in [5, 5.41) is 4.75. The third kappa shape index (κ3) is 4.73. The van der Waals surface area contributed by atoms with Crippen LogP contribution in [0, 0.1) is 0 Å². The minimum Gasteiger partial charge on any atom is -0.378 e. The van der Waals surface area contributed by atoms with E-state index in [0.717, 1.165) is 49.3 Å². The zero-order valence-electron chi connectivity index (χ0n) is 17.9. The highest BCUT2D eigenvalue weighted by Crippen LogP contribution is 2.31. The molecule has 1 saturated heterocycles. The molecule has 1 aromatic heterocycles. The lowest BCUT2D eigenvalue weighted by molar-refractivity contribution is -0.134. The Kier molecular flexibility index (Phi) is 6.39. The summed E-state index contributed by atoms with van der Waals surface area (Å²) >= 11 is 0. The van der Waals surface area contributed by atoms with Crippen LogP contribution in [0.1, 0.15) is 42.3 Å². The molecule has 0 N–H and O–H groups in total. The Hall–Kier alpha value is -2.34. The van der Waals surface area contributed by atoms with E-state index < -0.39 is 0 Å². The summed E-state index contributed by atoms with van der Waals surface area (Å²) in [5.74, 6) is 0.196. The molecule has 0 spiro atoms. The van der Waals surface area contributed by atoms with Gasteiger partial charge in [0.15, 0.2) is 0 Å². The van der Waals surface area contributed by atoms with E-state index in [2.05, 4.69) is 54.2 Å². The topological polar surface area (TPSA) is 44.6 Å². The zero-order valence-corrected chi connectivity index (χ0v) is 17.9. The molecular formula is C22H33N5O. The fourth-order valence-corrected chi connectivity index (χ4v) is 3.89. The molecule has 6 heteroatoms. The number of aryl methyl sites for hydroxylation is 1. The molecule has 1 amide bonds. The summed E-state index contributed by atoms with van der Waals surface area (Å²) in [6.45, 7) is 1.67. The molecule has 1 aliphatic heterocycles. The average Bonchev–Trinajstić information content (AvgIpc) is 3.02. The van der Waals surface area contributed by atoms with E-state index in [4.69, 9.17) is 5.10 Å². The summed E-state index contributed by atoms with van der Waals surface area (Å²) < 4.78 is 1.95. The number of nitrogens with zero attached hydrogens (tertiary/aromatic N) is 5. The van der Waals surface area contributed by atoms with E-state index in [1.807, 2.05) is 30.7 Å². The summed E-state index contributed by atoms with van der Waals surface area (Å²) in [6.07, 6.45) is 3.65. The fraction of sp³-hybridized carbons (Fsp3) is 0.545. The van der Waals surface area contributed by atoms with Crippen molar-refractivity contribution in [2.75, 3.05) is 39.6 Å². The Morgan fingerprint density at radius 3 is 2.50 bits per heavy atom. The van der Waals surface area contributed by atoms with E-state index in [1.54, 1.807) is 0 Å². The minimum atomic E-state index is 0.0874. The molecule has 0 bridgehead atoms. The molecule has 2 heterocycles. The number of rotatable bonds is 6. The first-order chi connectivity index (χ1) is 13.3. The molecule has 0 saturated carbocycles. The standard InChI is InChI=1S/C22H33N5O/c1-24(2)16-19-15-20(23-26(19)5)21-8-6-7-13-27(21)22(28)14-17-9-11-18(12-10-17)25(3)4/h9-12,15,21H,6-8,13-14,16H2,1-5H3/t21-/m0/s1. The Morgan fingerprint density at radius 2 is 1.86 bits per heavy atom. The summed E-state index contributed by atoms with van der Waals surface area (Å²) in [4.78, 5) is 19.4. The Morgan fingerprint density at radius 1 is 1.14 bits per heavy atom. The van der Waals surface area contributed by atoms with Gasteiger partial charge in [-0.25, -0.2) is 0 Å². The average molecular weight is 384 g/mol. The number of amides is 1. The van der Waals surface area contributed by atoms with E-state index in [-0.39, 0.29) is 11.9 Å². The predicted octanol–water partition coefficient (Wildman–Crippen LogP) is 2.84. The van der Waals surface area contributed by atoms with Gasteiger partial charge in [-0.05, 0) is 57.1 Å². The third-order valence-corrected chi connectivity index (χ3v) is 5.45. The smallest absolute Gasteiger partial charge is 0.227 e. The minimum absolute atomic E-state index is 0.0874. The van der Waals surface area contributed by atoms with Gasteiger partial charge in [0.2, 0.25) is 5.91 Å². The highest BCUT2D eigenvalue weighted by atomic mass is 16.2. The zero-order chi connectivity index (χ0) is 20.3. The van der Waals surface area contributed by atoms with Crippen molar-refractivity contribution < 1.29 is 4.79 Å². The van der Waals surface area contributed by atoms with Crippen molar-refractivity contribution in [3.63, 3.8) is 0 Å². The largest absolute Gasteiger partial charge is 0.378 e. The predicted molar refractivity (Wildman–Crippen MR) is 113 cm³/mol. The van der Waals surface area contributed by atoms with Gasteiger partial charge in [-0.2, -0.15) is 5.10 Å². The monoisotopic (exact) mass is 383 g/mol. The Labute approximate surface area is 168 Å². The van der Waals surface area contributed by atoms with Crippen molar-refractivity contribution in [3.05, 3.63) is 47.3 Å². The van der Waals surface area contributed by atoms with Gasteiger partial charge in [-0.1, -0.05) is 12.1 Å². The number of piperidine rings is 1. The molecule has 1 aliphatic rings. The molecule has 152 valence electrons.